The number of fused-ring (bicyclic) bond motifs is 1. The standard InChI is InChI=1S/C14H19NO/c1-3-5-10-15-11-9-12-13(15)7-6-8-14(12)16-4-2/h6-9,11H,3-5,10H2,1-2H3. The average molecular weight is 217 g/mol. The number of unbranched alkanes of at least 4 members (excludes halogenated alkanes) is 1. The van der Waals surface area contributed by atoms with Crippen molar-refractivity contribution in [3.63, 3.8) is 0 Å². The topological polar surface area (TPSA) is 14.2 Å². The minimum Gasteiger partial charge on any atom is -0.493 e. The Morgan fingerprint density at radius 1 is 1.19 bits per heavy atom. The highest BCUT2D eigenvalue weighted by Gasteiger charge is 2.05. The first-order valence-corrected chi connectivity index (χ1v) is 6.07. The van der Waals surface area contributed by atoms with Crippen molar-refractivity contribution in [2.24, 2.45) is 0 Å². The Bertz CT molecular complexity index is 459. The molecule has 86 valence electrons. The second-order valence-corrected chi connectivity index (χ2v) is 3.98. The van der Waals surface area contributed by atoms with E-state index in [2.05, 4.69) is 35.9 Å². The minimum atomic E-state index is 0.721. The van der Waals surface area contributed by atoms with Gasteiger partial charge in [-0.1, -0.05) is 19.4 Å². The number of ether oxygens (including phenoxy) is 1. The molecule has 0 N–H and O–H groups in total. The molecule has 1 aromatic heterocycles. The van der Waals surface area contributed by atoms with E-state index in [-0.39, 0.29) is 0 Å². The molecular formula is C14H19NO. The maximum absolute atomic E-state index is 5.62. The summed E-state index contributed by atoms with van der Waals surface area (Å²) in [5.74, 6) is 0.996. The van der Waals surface area contributed by atoms with Crippen LogP contribution in [0.3, 0.4) is 0 Å². The van der Waals surface area contributed by atoms with Gasteiger partial charge >= 0.3 is 0 Å². The molecule has 0 aliphatic rings. The van der Waals surface area contributed by atoms with E-state index >= 15 is 0 Å². The second kappa shape index (κ2) is 5.06. The van der Waals surface area contributed by atoms with Crippen molar-refractivity contribution in [1.82, 2.24) is 4.57 Å². The average Bonchev–Trinajstić information content (AvgIpc) is 2.71. The molecule has 0 amide bonds. The van der Waals surface area contributed by atoms with Gasteiger partial charge in [-0.3, -0.25) is 0 Å². The van der Waals surface area contributed by atoms with Crippen molar-refractivity contribution >= 4 is 10.9 Å². The summed E-state index contributed by atoms with van der Waals surface area (Å²) in [6.45, 7) is 6.05. The van der Waals surface area contributed by atoms with Crippen LogP contribution in [0.25, 0.3) is 10.9 Å². The van der Waals surface area contributed by atoms with Crippen LogP contribution in [0.15, 0.2) is 30.5 Å². The van der Waals surface area contributed by atoms with E-state index in [4.69, 9.17) is 4.74 Å². The van der Waals surface area contributed by atoms with Gasteiger partial charge in [0, 0.05) is 18.1 Å². The Balaban J connectivity index is 2.36. The summed E-state index contributed by atoms with van der Waals surface area (Å²) >= 11 is 0. The van der Waals surface area contributed by atoms with Crippen molar-refractivity contribution in [3.8, 4) is 5.75 Å². The molecule has 2 heteroatoms. The van der Waals surface area contributed by atoms with Crippen LogP contribution in [0.2, 0.25) is 0 Å². The van der Waals surface area contributed by atoms with E-state index < -0.39 is 0 Å². The van der Waals surface area contributed by atoms with Crippen LogP contribution in [-0.2, 0) is 6.54 Å². The Morgan fingerprint density at radius 3 is 2.81 bits per heavy atom. The zero-order chi connectivity index (χ0) is 11.4. The number of aryl methyl sites for hydroxylation is 1. The maximum Gasteiger partial charge on any atom is 0.128 e. The zero-order valence-corrected chi connectivity index (χ0v) is 10.1. The van der Waals surface area contributed by atoms with Crippen LogP contribution in [0.1, 0.15) is 26.7 Å². The van der Waals surface area contributed by atoms with Crippen molar-refractivity contribution in [2.45, 2.75) is 33.2 Å². The Morgan fingerprint density at radius 2 is 2.06 bits per heavy atom. The molecule has 0 saturated heterocycles. The second-order valence-electron chi connectivity index (χ2n) is 3.98. The molecule has 0 atom stereocenters. The van der Waals surface area contributed by atoms with Gasteiger partial charge in [0.1, 0.15) is 5.75 Å². The predicted molar refractivity (Wildman–Crippen MR) is 68.0 cm³/mol. The first-order valence-electron chi connectivity index (χ1n) is 6.07. The van der Waals surface area contributed by atoms with E-state index in [1.165, 1.54) is 23.7 Å². The van der Waals surface area contributed by atoms with E-state index in [0.29, 0.717) is 0 Å². The molecule has 0 spiro atoms. The smallest absolute Gasteiger partial charge is 0.128 e. The summed E-state index contributed by atoms with van der Waals surface area (Å²) < 4.78 is 7.93. The predicted octanol–water partition coefficient (Wildman–Crippen LogP) is 3.84. The largest absolute Gasteiger partial charge is 0.493 e. The number of benzene rings is 1. The number of hydrogen-bond acceptors (Lipinski definition) is 1. The lowest BCUT2D eigenvalue weighted by Crippen LogP contribution is -1.96. The Hall–Kier alpha value is -1.44. The molecule has 0 saturated carbocycles. The summed E-state index contributed by atoms with van der Waals surface area (Å²) in [4.78, 5) is 0. The van der Waals surface area contributed by atoms with Gasteiger partial charge in [-0.05, 0) is 31.5 Å². The van der Waals surface area contributed by atoms with Crippen LogP contribution >= 0.6 is 0 Å². The molecule has 2 rings (SSSR count). The van der Waals surface area contributed by atoms with Gasteiger partial charge in [-0.15, -0.1) is 0 Å². The fraction of sp³-hybridized carbons (Fsp3) is 0.429. The third kappa shape index (κ3) is 2.06. The first-order chi connectivity index (χ1) is 7.86. The lowest BCUT2D eigenvalue weighted by atomic mass is 10.2. The van der Waals surface area contributed by atoms with Crippen LogP contribution < -0.4 is 4.74 Å². The third-order valence-corrected chi connectivity index (χ3v) is 2.83. The molecule has 0 fully saturated rings. The highest BCUT2D eigenvalue weighted by Crippen LogP contribution is 2.26. The van der Waals surface area contributed by atoms with Crippen molar-refractivity contribution in [2.75, 3.05) is 6.61 Å². The minimum absolute atomic E-state index is 0.721. The van der Waals surface area contributed by atoms with Gasteiger partial charge in [0.15, 0.2) is 0 Å². The van der Waals surface area contributed by atoms with Crippen LogP contribution in [0, 0.1) is 0 Å². The number of aromatic nitrogens is 1. The Labute approximate surface area is 96.8 Å². The molecule has 0 unspecified atom stereocenters. The molecule has 0 bridgehead atoms. The molecular weight excluding hydrogens is 198 g/mol. The summed E-state index contributed by atoms with van der Waals surface area (Å²) in [7, 11) is 0. The van der Waals surface area contributed by atoms with Gasteiger partial charge in [0.05, 0.1) is 12.1 Å². The SMILES string of the molecule is CCCCn1ccc2c(OCC)cccc21. The van der Waals surface area contributed by atoms with E-state index in [0.717, 1.165) is 18.9 Å². The number of hydrogen-bond donors (Lipinski definition) is 0. The van der Waals surface area contributed by atoms with Gasteiger partial charge in [0.2, 0.25) is 0 Å². The molecule has 1 heterocycles. The fourth-order valence-corrected chi connectivity index (χ4v) is 2.00. The molecule has 2 aromatic rings. The molecule has 16 heavy (non-hydrogen) atoms. The monoisotopic (exact) mass is 217 g/mol. The van der Waals surface area contributed by atoms with E-state index in [1.807, 2.05) is 13.0 Å². The van der Waals surface area contributed by atoms with Crippen molar-refractivity contribution < 1.29 is 4.74 Å². The number of rotatable bonds is 5. The quantitative estimate of drug-likeness (QED) is 0.742. The van der Waals surface area contributed by atoms with Gasteiger partial charge in [-0.25, -0.2) is 0 Å². The summed E-state index contributed by atoms with van der Waals surface area (Å²) in [5.41, 5.74) is 1.28. The third-order valence-electron chi connectivity index (χ3n) is 2.83. The van der Waals surface area contributed by atoms with E-state index in [9.17, 15) is 0 Å². The molecule has 0 aliphatic carbocycles. The van der Waals surface area contributed by atoms with Crippen LogP contribution in [-0.4, -0.2) is 11.2 Å². The highest BCUT2D eigenvalue weighted by molar-refractivity contribution is 5.86. The number of nitrogens with zero attached hydrogens (tertiary/aromatic N) is 1. The normalized spacial score (nSPS) is 10.9. The van der Waals surface area contributed by atoms with Gasteiger partial charge in [0.25, 0.3) is 0 Å². The first kappa shape index (κ1) is 11.1. The van der Waals surface area contributed by atoms with Crippen molar-refractivity contribution in [1.29, 1.82) is 0 Å². The summed E-state index contributed by atoms with van der Waals surface area (Å²) in [6.07, 6.45) is 4.61. The molecule has 0 aliphatic heterocycles. The van der Waals surface area contributed by atoms with E-state index in [1.54, 1.807) is 0 Å². The fourth-order valence-electron chi connectivity index (χ4n) is 2.00. The van der Waals surface area contributed by atoms with Gasteiger partial charge in [-0.2, -0.15) is 0 Å². The summed E-state index contributed by atoms with van der Waals surface area (Å²) in [5, 5.41) is 1.22. The summed E-state index contributed by atoms with van der Waals surface area (Å²) in [6, 6.07) is 8.41. The Kier molecular flexibility index (Phi) is 3.50. The van der Waals surface area contributed by atoms with Gasteiger partial charge < -0.3 is 9.30 Å². The van der Waals surface area contributed by atoms with Crippen LogP contribution in [0.4, 0.5) is 0 Å². The maximum atomic E-state index is 5.62. The lowest BCUT2D eigenvalue weighted by molar-refractivity contribution is 0.344. The zero-order valence-electron chi connectivity index (χ0n) is 10.1. The molecule has 0 radical (unpaired) electrons. The lowest BCUT2D eigenvalue weighted by Gasteiger charge is -2.07. The molecule has 2 nitrogen and oxygen atoms in total. The molecule has 1 aromatic carbocycles. The van der Waals surface area contributed by atoms with Crippen molar-refractivity contribution in [3.05, 3.63) is 30.5 Å². The highest BCUT2D eigenvalue weighted by atomic mass is 16.5. The van der Waals surface area contributed by atoms with Crippen LogP contribution in [0.5, 0.6) is 5.75 Å².